The molecule has 0 aliphatic rings. The van der Waals surface area contributed by atoms with Crippen LogP contribution in [0, 0.1) is 0 Å². The van der Waals surface area contributed by atoms with Crippen LogP contribution in [-0.2, 0) is 9.59 Å². The van der Waals surface area contributed by atoms with Gasteiger partial charge in [-0.2, -0.15) is 0 Å². The summed E-state index contributed by atoms with van der Waals surface area (Å²) in [6.07, 6.45) is 1.47. The van der Waals surface area contributed by atoms with E-state index < -0.39 is 17.1 Å². The number of rotatable bonds is 14. The lowest BCUT2D eigenvalue weighted by Crippen LogP contribution is -2.30. The van der Waals surface area contributed by atoms with Gasteiger partial charge in [-0.25, -0.2) is 0 Å². The van der Waals surface area contributed by atoms with Crippen LogP contribution in [0.2, 0.25) is 0 Å². The predicted octanol–water partition coefficient (Wildman–Crippen LogP) is 8.85. The summed E-state index contributed by atoms with van der Waals surface area (Å²) >= 11 is 1.35. The van der Waals surface area contributed by atoms with Crippen molar-refractivity contribution in [3.63, 3.8) is 0 Å². The van der Waals surface area contributed by atoms with Crippen LogP contribution >= 0.6 is 11.8 Å². The zero-order valence-corrected chi connectivity index (χ0v) is 30.5. The molecule has 0 saturated heterocycles. The quantitative estimate of drug-likeness (QED) is 0.0747. The first-order valence-electron chi connectivity index (χ1n) is 16.8. The van der Waals surface area contributed by atoms with Crippen LogP contribution in [0.25, 0.3) is 17.4 Å². The van der Waals surface area contributed by atoms with Crippen LogP contribution in [0.1, 0.15) is 26.9 Å². The normalized spacial score (nSPS) is 11.6. The average Bonchev–Trinajstić information content (AvgIpc) is 3.69. The Morgan fingerprint density at radius 1 is 0.685 bits per heavy atom. The summed E-state index contributed by atoms with van der Waals surface area (Å²) in [4.78, 5) is 41.5. The maximum absolute atomic E-state index is 13.8. The van der Waals surface area contributed by atoms with Gasteiger partial charge in [-0.1, -0.05) is 60.7 Å². The monoisotopic (exact) mass is 739 g/mol. The minimum absolute atomic E-state index is 0.0305. The predicted molar refractivity (Wildman–Crippen MR) is 211 cm³/mol. The molecule has 0 saturated carbocycles. The van der Waals surface area contributed by atoms with Crippen LogP contribution in [-0.4, -0.2) is 39.1 Å². The molecule has 1 aromatic heterocycles. The Bertz CT molecular complexity index is 2250. The van der Waals surface area contributed by atoms with Crippen LogP contribution < -0.4 is 30.2 Å². The van der Waals surface area contributed by atoms with Gasteiger partial charge in [0.1, 0.15) is 39.7 Å². The van der Waals surface area contributed by atoms with E-state index in [1.54, 1.807) is 87.0 Å². The molecule has 272 valence electrons. The third-order valence-electron chi connectivity index (χ3n) is 8.19. The second-order valence-electron chi connectivity index (χ2n) is 11.7. The van der Waals surface area contributed by atoms with Crippen molar-refractivity contribution in [3.8, 4) is 28.6 Å². The highest BCUT2D eigenvalue weighted by Crippen LogP contribution is 2.38. The molecule has 11 heteroatoms. The molecule has 0 fully saturated rings. The fraction of sp³-hybridized carbons (Fsp3) is 0.0930. The smallest absolute Gasteiger partial charge is 0.272 e. The van der Waals surface area contributed by atoms with Crippen LogP contribution in [0.5, 0.6) is 17.2 Å². The number of ether oxygens (including phenoxy) is 3. The molecule has 0 aliphatic carbocycles. The molecule has 5 aromatic carbocycles. The first-order valence-corrected chi connectivity index (χ1v) is 17.7. The fourth-order valence-corrected chi connectivity index (χ4v) is 6.49. The van der Waals surface area contributed by atoms with Crippen molar-refractivity contribution in [2.75, 3.05) is 32.0 Å². The van der Waals surface area contributed by atoms with Gasteiger partial charge in [-0.15, -0.1) is 11.8 Å². The van der Waals surface area contributed by atoms with Gasteiger partial charge in [0.2, 0.25) is 5.91 Å². The number of hydrogen-bond donors (Lipinski definition) is 3. The van der Waals surface area contributed by atoms with Gasteiger partial charge < -0.3 is 34.6 Å². The molecule has 10 nitrogen and oxygen atoms in total. The van der Waals surface area contributed by atoms with E-state index in [1.807, 2.05) is 66.7 Å². The molecule has 3 N–H and O–H groups in total. The van der Waals surface area contributed by atoms with E-state index in [2.05, 4.69) is 16.0 Å². The highest BCUT2D eigenvalue weighted by Gasteiger charge is 2.24. The van der Waals surface area contributed by atoms with Gasteiger partial charge >= 0.3 is 0 Å². The minimum atomic E-state index is -0.626. The van der Waals surface area contributed by atoms with Crippen LogP contribution in [0.4, 0.5) is 11.4 Å². The lowest BCUT2D eigenvalue weighted by Gasteiger charge is -2.19. The number of benzene rings is 5. The molecular formula is C43H37N3O7S. The minimum Gasteiger partial charge on any atom is -0.497 e. The number of amides is 3. The molecule has 0 spiro atoms. The summed E-state index contributed by atoms with van der Waals surface area (Å²) in [7, 11) is 4.67. The van der Waals surface area contributed by atoms with Gasteiger partial charge in [-0.3, -0.25) is 14.4 Å². The second kappa shape index (κ2) is 17.7. The third kappa shape index (κ3) is 9.19. The van der Waals surface area contributed by atoms with E-state index in [0.717, 1.165) is 16.0 Å². The van der Waals surface area contributed by atoms with E-state index in [-0.39, 0.29) is 11.6 Å². The Balaban J connectivity index is 1.22. The molecular weight excluding hydrogens is 703 g/mol. The van der Waals surface area contributed by atoms with Gasteiger partial charge in [-0.05, 0) is 78.4 Å². The number of carbonyl (C=O) groups excluding carboxylic acids is 3. The summed E-state index contributed by atoms with van der Waals surface area (Å²) < 4.78 is 22.4. The number of nitrogens with one attached hydrogen (secondary N) is 3. The zero-order chi connectivity index (χ0) is 37.9. The summed E-state index contributed by atoms with van der Waals surface area (Å²) in [6.45, 7) is 0. The first-order chi connectivity index (χ1) is 26.3. The average molecular weight is 740 g/mol. The second-order valence-corrected chi connectivity index (χ2v) is 12.9. The molecule has 54 heavy (non-hydrogen) atoms. The maximum Gasteiger partial charge on any atom is 0.272 e. The Kier molecular flexibility index (Phi) is 12.1. The molecule has 6 aromatic rings. The summed E-state index contributed by atoms with van der Waals surface area (Å²) in [5, 5.41) is 7.97. The van der Waals surface area contributed by atoms with Crippen molar-refractivity contribution in [1.82, 2.24) is 5.32 Å². The summed E-state index contributed by atoms with van der Waals surface area (Å²) in [5.41, 5.74) is 2.85. The number of furan rings is 1. The van der Waals surface area contributed by atoms with Gasteiger partial charge in [0.05, 0.1) is 32.6 Å². The van der Waals surface area contributed by atoms with E-state index in [9.17, 15) is 14.4 Å². The highest BCUT2D eigenvalue weighted by molar-refractivity contribution is 8.00. The van der Waals surface area contributed by atoms with Crippen molar-refractivity contribution >= 4 is 46.9 Å². The SMILES string of the molecule is COc1ccc(OC)c(NC(=O)C(Sc2ccc(NC(=O)/C(=C\c3ccc(-c4ccccc4OC)o3)NC(=O)c3ccccc3)cc2)c2ccccc2)c1. The van der Waals surface area contributed by atoms with Crippen molar-refractivity contribution in [2.24, 2.45) is 0 Å². The maximum atomic E-state index is 13.8. The van der Waals surface area contributed by atoms with E-state index in [0.29, 0.717) is 45.7 Å². The van der Waals surface area contributed by atoms with Crippen molar-refractivity contribution in [1.29, 1.82) is 0 Å². The number of anilines is 2. The molecule has 1 heterocycles. The molecule has 1 atom stereocenters. The van der Waals surface area contributed by atoms with Crippen molar-refractivity contribution < 1.29 is 33.0 Å². The van der Waals surface area contributed by atoms with Crippen molar-refractivity contribution in [3.05, 3.63) is 162 Å². The topological polar surface area (TPSA) is 128 Å². The van der Waals surface area contributed by atoms with Crippen molar-refractivity contribution in [2.45, 2.75) is 10.1 Å². The fourth-order valence-electron chi connectivity index (χ4n) is 5.47. The van der Waals surface area contributed by atoms with Gasteiger partial charge in [0.15, 0.2) is 0 Å². The Hall–Kier alpha value is -6.72. The number of thioether (sulfide) groups is 1. The van der Waals surface area contributed by atoms with Crippen LogP contribution in [0.3, 0.4) is 0 Å². The standard InChI is InChI=1S/C43H37N3O7S/c1-50-31-20-25-39(52-3)35(26-31)45-43(49)40(28-12-6-4-7-13-28)54-33-22-18-30(19-23-33)44-42(48)36(46-41(47)29-14-8-5-9-15-29)27-32-21-24-38(53-32)34-16-10-11-17-37(34)51-2/h4-27,40H,1-3H3,(H,44,48)(H,45,49)(H,46,47)/b36-27+. The van der Waals surface area contributed by atoms with Gasteiger partial charge in [0, 0.05) is 28.3 Å². The van der Waals surface area contributed by atoms with Crippen LogP contribution in [0.15, 0.2) is 155 Å². The first kappa shape index (κ1) is 37.1. The number of methoxy groups -OCH3 is 3. The largest absolute Gasteiger partial charge is 0.497 e. The van der Waals surface area contributed by atoms with E-state index in [4.69, 9.17) is 18.6 Å². The molecule has 6 rings (SSSR count). The summed E-state index contributed by atoms with van der Waals surface area (Å²) in [6, 6.07) is 41.2. The Morgan fingerprint density at radius 3 is 2.07 bits per heavy atom. The number of hydrogen-bond acceptors (Lipinski definition) is 8. The Labute approximate surface area is 317 Å². The molecule has 0 aliphatic heterocycles. The van der Waals surface area contributed by atoms with E-state index in [1.165, 1.54) is 24.9 Å². The molecule has 0 bridgehead atoms. The van der Waals surface area contributed by atoms with E-state index >= 15 is 0 Å². The summed E-state index contributed by atoms with van der Waals surface area (Å²) in [5.74, 6) is 1.30. The third-order valence-corrected chi connectivity index (χ3v) is 9.45. The zero-order valence-electron chi connectivity index (χ0n) is 29.7. The van der Waals surface area contributed by atoms with Gasteiger partial charge in [0.25, 0.3) is 11.8 Å². The molecule has 0 radical (unpaired) electrons. The highest BCUT2D eigenvalue weighted by atomic mass is 32.2. The number of para-hydroxylation sites is 1. The Morgan fingerprint density at radius 2 is 1.37 bits per heavy atom. The lowest BCUT2D eigenvalue weighted by atomic mass is 10.1. The molecule has 3 amide bonds. The lowest BCUT2D eigenvalue weighted by molar-refractivity contribution is -0.116. The number of carbonyl (C=O) groups is 3. The molecule has 1 unspecified atom stereocenters.